The monoisotopic (exact) mass is 583 g/mol. The summed E-state index contributed by atoms with van der Waals surface area (Å²) in [4.78, 5) is 48.9. The van der Waals surface area contributed by atoms with Gasteiger partial charge in [0.05, 0.1) is 0 Å². The average molecular weight is 584 g/mol. The van der Waals surface area contributed by atoms with Crippen LogP contribution >= 0.6 is 0 Å². The number of ether oxygens (including phenoxy) is 7. The maximum Gasteiger partial charge on any atom is 0.514 e. The molecule has 0 heterocycles. The lowest BCUT2D eigenvalue weighted by Gasteiger charge is -2.21. The van der Waals surface area contributed by atoms with Gasteiger partial charge in [0.1, 0.15) is 36.6 Å². The third kappa shape index (κ3) is 15.1. The second-order valence-corrected chi connectivity index (χ2v) is 10.8. The third-order valence-electron chi connectivity index (χ3n) is 5.28. The number of carbonyl (C=O) groups is 4. The van der Waals surface area contributed by atoms with Gasteiger partial charge in [0.25, 0.3) is 0 Å². The number of rotatable bonds is 14. The second kappa shape index (κ2) is 17.3. The predicted octanol–water partition coefficient (Wildman–Crippen LogP) is 5.85. The predicted molar refractivity (Wildman–Crippen MR) is 149 cm³/mol. The zero-order valence-electron chi connectivity index (χ0n) is 25.4. The van der Waals surface area contributed by atoms with Crippen LogP contribution < -0.4 is 15.2 Å². The third-order valence-corrected chi connectivity index (χ3v) is 5.28. The molecule has 4 atom stereocenters. The number of carbonyl (C=O) groups excluding carboxylic acids is 4. The van der Waals surface area contributed by atoms with Crippen LogP contribution in [0.15, 0.2) is 18.2 Å². The van der Waals surface area contributed by atoms with Gasteiger partial charge in [0.2, 0.25) is 0 Å². The zero-order chi connectivity index (χ0) is 31.2. The van der Waals surface area contributed by atoms with Crippen LogP contribution in [0.1, 0.15) is 86.6 Å². The van der Waals surface area contributed by atoms with E-state index < -0.39 is 42.2 Å². The molecule has 0 saturated heterocycles. The summed E-state index contributed by atoms with van der Waals surface area (Å²) in [6.07, 6.45) is -1.45. The molecule has 0 aliphatic carbocycles. The minimum absolute atomic E-state index is 0.00557. The van der Waals surface area contributed by atoms with E-state index in [1.165, 1.54) is 12.1 Å². The molecule has 0 fully saturated rings. The Hall–Kier alpha value is -3.54. The highest BCUT2D eigenvalue weighted by atomic mass is 16.8. The molecule has 0 spiro atoms. The molecule has 0 saturated carbocycles. The Bertz CT molecular complexity index is 1000. The van der Waals surface area contributed by atoms with Gasteiger partial charge in [-0.1, -0.05) is 32.8 Å². The largest absolute Gasteiger partial charge is 0.514 e. The van der Waals surface area contributed by atoms with Crippen molar-refractivity contribution >= 4 is 24.4 Å². The van der Waals surface area contributed by atoms with Crippen molar-refractivity contribution in [2.75, 3.05) is 6.61 Å². The molecule has 0 aliphatic heterocycles. The molecule has 1 rings (SSSR count). The van der Waals surface area contributed by atoms with Crippen molar-refractivity contribution in [1.29, 1.82) is 0 Å². The van der Waals surface area contributed by atoms with E-state index >= 15 is 0 Å². The Morgan fingerprint density at radius 2 is 1.32 bits per heavy atom. The first-order chi connectivity index (χ1) is 19.1. The fourth-order valence-electron chi connectivity index (χ4n) is 3.45. The van der Waals surface area contributed by atoms with Crippen LogP contribution in [0, 0.1) is 0 Å². The standard InChI is InChI=1S/C29H45NO11/c1-9-11-18(3)37-27(33)39-23-14-13-21(16-24(23)40-28(34)38-19(4)12-10-2)15-22(30)25(31)36-20(5)17-35-26(32)41-29(6,7)8/h13-14,16,18-20,22H,9-12,15,17,30H2,1-8H3/t18-,19?,20?,22-/m0/s1. The second-order valence-electron chi connectivity index (χ2n) is 10.8. The summed E-state index contributed by atoms with van der Waals surface area (Å²) in [7, 11) is 0. The van der Waals surface area contributed by atoms with Gasteiger partial charge >= 0.3 is 24.4 Å². The van der Waals surface area contributed by atoms with Crippen LogP contribution in [0.2, 0.25) is 0 Å². The summed E-state index contributed by atoms with van der Waals surface area (Å²) in [5.41, 5.74) is 5.81. The van der Waals surface area contributed by atoms with Crippen LogP contribution in [-0.2, 0) is 34.9 Å². The quantitative estimate of drug-likeness (QED) is 0.158. The number of nitrogens with two attached hydrogens (primary N) is 1. The Labute approximate surface area is 242 Å². The lowest BCUT2D eigenvalue weighted by Crippen LogP contribution is -2.37. The van der Waals surface area contributed by atoms with Crippen LogP contribution in [0.5, 0.6) is 11.5 Å². The summed E-state index contributed by atoms with van der Waals surface area (Å²) < 4.78 is 36.4. The van der Waals surface area contributed by atoms with Crippen LogP contribution in [-0.4, -0.2) is 61.0 Å². The number of esters is 1. The lowest BCUT2D eigenvalue weighted by molar-refractivity contribution is -0.152. The van der Waals surface area contributed by atoms with Crippen molar-refractivity contribution in [3.8, 4) is 11.5 Å². The Morgan fingerprint density at radius 3 is 1.83 bits per heavy atom. The highest BCUT2D eigenvalue weighted by molar-refractivity contribution is 5.76. The number of hydrogen-bond donors (Lipinski definition) is 1. The smallest absolute Gasteiger partial charge is 0.458 e. The molecular formula is C29H45NO11. The molecule has 0 radical (unpaired) electrons. The first-order valence-corrected chi connectivity index (χ1v) is 13.8. The van der Waals surface area contributed by atoms with E-state index in [4.69, 9.17) is 38.9 Å². The minimum Gasteiger partial charge on any atom is -0.458 e. The van der Waals surface area contributed by atoms with Gasteiger partial charge in [-0.05, 0) is 78.5 Å². The van der Waals surface area contributed by atoms with E-state index in [1.807, 2.05) is 13.8 Å². The summed E-state index contributed by atoms with van der Waals surface area (Å²) in [5.74, 6) is -0.933. The van der Waals surface area contributed by atoms with Gasteiger partial charge in [-0.2, -0.15) is 0 Å². The highest BCUT2D eigenvalue weighted by Gasteiger charge is 2.24. The highest BCUT2D eigenvalue weighted by Crippen LogP contribution is 2.30. The van der Waals surface area contributed by atoms with Gasteiger partial charge in [-0.15, -0.1) is 0 Å². The van der Waals surface area contributed by atoms with Crippen molar-refractivity contribution in [3.05, 3.63) is 23.8 Å². The molecule has 232 valence electrons. The SMILES string of the molecule is CCCC(C)OC(=O)Oc1cc(C[C@H](N)C(=O)OC(C)COC(=O)OC(C)(C)C)ccc1OC(=O)O[C@@H](C)CCC. The van der Waals surface area contributed by atoms with E-state index in [1.54, 1.807) is 47.6 Å². The van der Waals surface area contributed by atoms with Crippen LogP contribution in [0.4, 0.5) is 14.4 Å². The minimum atomic E-state index is -1.10. The van der Waals surface area contributed by atoms with E-state index in [0.29, 0.717) is 18.4 Å². The summed E-state index contributed by atoms with van der Waals surface area (Å²) in [5, 5.41) is 0. The van der Waals surface area contributed by atoms with Gasteiger partial charge < -0.3 is 38.9 Å². The molecule has 2 unspecified atom stereocenters. The van der Waals surface area contributed by atoms with Gasteiger partial charge in [0, 0.05) is 0 Å². The van der Waals surface area contributed by atoms with Crippen molar-refractivity contribution in [2.45, 2.75) is 117 Å². The molecule has 41 heavy (non-hydrogen) atoms. The Morgan fingerprint density at radius 1 is 0.780 bits per heavy atom. The molecule has 0 amide bonds. The van der Waals surface area contributed by atoms with Crippen molar-refractivity contribution < 1.29 is 52.3 Å². The van der Waals surface area contributed by atoms with Gasteiger partial charge in [-0.3, -0.25) is 4.79 Å². The van der Waals surface area contributed by atoms with Crippen molar-refractivity contribution in [3.63, 3.8) is 0 Å². The maximum absolute atomic E-state index is 12.5. The van der Waals surface area contributed by atoms with Crippen LogP contribution in [0.25, 0.3) is 0 Å². The summed E-state index contributed by atoms with van der Waals surface area (Å²) in [6.45, 7) is 13.8. The molecule has 2 N–H and O–H groups in total. The average Bonchev–Trinajstić information content (AvgIpc) is 2.83. The molecule has 12 heteroatoms. The first kappa shape index (κ1) is 35.5. The van der Waals surface area contributed by atoms with E-state index in [2.05, 4.69) is 0 Å². The topological polar surface area (TPSA) is 159 Å². The van der Waals surface area contributed by atoms with Gasteiger partial charge in [-0.25, -0.2) is 14.4 Å². The normalized spacial score (nSPS) is 14.1. The molecule has 1 aromatic rings. The molecule has 12 nitrogen and oxygen atoms in total. The van der Waals surface area contributed by atoms with E-state index in [0.717, 1.165) is 12.8 Å². The van der Waals surface area contributed by atoms with E-state index in [-0.39, 0.29) is 36.7 Å². The Balaban J connectivity index is 2.91. The maximum atomic E-state index is 12.5. The number of hydrogen-bond acceptors (Lipinski definition) is 12. The first-order valence-electron chi connectivity index (χ1n) is 13.8. The lowest BCUT2D eigenvalue weighted by atomic mass is 10.1. The summed E-state index contributed by atoms with van der Waals surface area (Å²) in [6, 6.07) is 3.26. The van der Waals surface area contributed by atoms with Crippen molar-refractivity contribution in [1.82, 2.24) is 0 Å². The van der Waals surface area contributed by atoms with Crippen LogP contribution in [0.3, 0.4) is 0 Å². The fraction of sp³-hybridized carbons (Fsp3) is 0.655. The Kier molecular flexibility index (Phi) is 15.0. The van der Waals surface area contributed by atoms with Crippen molar-refractivity contribution in [2.24, 2.45) is 5.73 Å². The molecular weight excluding hydrogens is 538 g/mol. The van der Waals surface area contributed by atoms with E-state index in [9.17, 15) is 19.2 Å². The number of benzene rings is 1. The molecule has 0 aliphatic rings. The molecule has 0 aromatic heterocycles. The molecule has 1 aromatic carbocycles. The van der Waals surface area contributed by atoms with Gasteiger partial charge in [0.15, 0.2) is 11.5 Å². The zero-order valence-corrected chi connectivity index (χ0v) is 25.4. The fourth-order valence-corrected chi connectivity index (χ4v) is 3.45. The summed E-state index contributed by atoms with van der Waals surface area (Å²) >= 11 is 0. The molecule has 0 bridgehead atoms.